The molecule has 1 rings (SSSR count). The molecule has 1 aliphatic heterocycles. The average molecular weight is 154 g/mol. The topological polar surface area (TPSA) is 54.2 Å². The zero-order chi connectivity index (χ0) is 8.43. The number of likely N-dealkylation sites (N-methyl/N-ethyl adjacent to an activating group) is 1. The van der Waals surface area contributed by atoms with E-state index in [0.29, 0.717) is 5.84 Å². The summed E-state index contributed by atoms with van der Waals surface area (Å²) in [4.78, 5) is 3.78. The molecule has 0 aromatic heterocycles. The first kappa shape index (κ1) is 8.20. The van der Waals surface area contributed by atoms with Gasteiger partial charge in [-0.05, 0) is 14.0 Å². The van der Waals surface area contributed by atoms with E-state index in [-0.39, 0.29) is 6.04 Å². The molecule has 0 aromatic rings. The van der Waals surface area contributed by atoms with Crippen molar-refractivity contribution in [3.05, 3.63) is 0 Å². The van der Waals surface area contributed by atoms with Gasteiger partial charge in [0.05, 0.1) is 12.4 Å². The maximum Gasteiger partial charge on any atom is 0.118 e. The highest BCUT2D eigenvalue weighted by Gasteiger charge is 2.24. The summed E-state index contributed by atoms with van der Waals surface area (Å²) in [5.41, 5.74) is 0. The lowest BCUT2D eigenvalue weighted by Crippen LogP contribution is -2.53. The molecule has 1 atom stereocenters. The number of amidine groups is 1. The van der Waals surface area contributed by atoms with E-state index < -0.39 is 0 Å². The van der Waals surface area contributed by atoms with Gasteiger partial charge in [0.25, 0.3) is 0 Å². The third kappa shape index (κ3) is 1.40. The van der Waals surface area contributed by atoms with Crippen LogP contribution in [0.15, 0.2) is 0 Å². The molecule has 4 heteroatoms. The van der Waals surface area contributed by atoms with E-state index in [1.165, 1.54) is 6.34 Å². The Bertz CT molecular complexity index is 177. The summed E-state index contributed by atoms with van der Waals surface area (Å²) in [6, 6.07) is 0.144. The summed E-state index contributed by atoms with van der Waals surface area (Å²) in [7, 11) is 2.00. The first-order chi connectivity index (χ1) is 5.16. The molecular weight excluding hydrogens is 140 g/mol. The lowest BCUT2D eigenvalue weighted by Gasteiger charge is -2.36. The first-order valence-electron chi connectivity index (χ1n) is 3.72. The van der Waals surface area contributed by atoms with Crippen molar-refractivity contribution in [3.8, 4) is 0 Å². The van der Waals surface area contributed by atoms with Gasteiger partial charge in [0.2, 0.25) is 0 Å². The number of piperazine rings is 1. The second-order valence-electron chi connectivity index (χ2n) is 2.86. The Labute approximate surface area is 66.8 Å². The van der Waals surface area contributed by atoms with Crippen LogP contribution in [0, 0.1) is 10.8 Å². The maximum absolute atomic E-state index is 7.62. The van der Waals surface area contributed by atoms with E-state index in [9.17, 15) is 0 Å². The molecule has 0 amide bonds. The molecule has 1 saturated heterocycles. The monoisotopic (exact) mass is 154 g/mol. The molecule has 0 radical (unpaired) electrons. The van der Waals surface area contributed by atoms with Gasteiger partial charge in [-0.25, -0.2) is 0 Å². The first-order valence-corrected chi connectivity index (χ1v) is 3.72. The Balaban J connectivity index is 2.66. The summed E-state index contributed by atoms with van der Waals surface area (Å²) < 4.78 is 0. The highest BCUT2D eigenvalue weighted by Crippen LogP contribution is 2.06. The smallest absolute Gasteiger partial charge is 0.118 e. The van der Waals surface area contributed by atoms with E-state index in [1.807, 2.05) is 14.0 Å². The molecule has 62 valence electrons. The number of rotatable bonds is 1. The Morgan fingerprint density at radius 3 is 2.73 bits per heavy atom. The third-order valence-corrected chi connectivity index (χ3v) is 2.22. The molecule has 1 unspecified atom stereocenters. The minimum absolute atomic E-state index is 0.144. The van der Waals surface area contributed by atoms with Crippen LogP contribution in [0.4, 0.5) is 0 Å². The van der Waals surface area contributed by atoms with Gasteiger partial charge in [-0.2, -0.15) is 0 Å². The fourth-order valence-electron chi connectivity index (χ4n) is 1.16. The maximum atomic E-state index is 7.62. The predicted octanol–water partition coefficient (Wildman–Crippen LogP) is 0.207. The Morgan fingerprint density at radius 2 is 2.18 bits per heavy atom. The van der Waals surface area contributed by atoms with Crippen molar-refractivity contribution in [2.75, 3.05) is 20.1 Å². The Kier molecular flexibility index (Phi) is 2.24. The highest BCUT2D eigenvalue weighted by atomic mass is 15.3. The molecule has 0 saturated carbocycles. The standard InChI is InChI=1S/C7H14N4/c1-6-7(9)11(5-8)4-3-10(6)2/h5-6,8-9H,3-4H2,1-2H3. The van der Waals surface area contributed by atoms with Crippen LogP contribution in [-0.2, 0) is 0 Å². The fraction of sp³-hybridized carbons (Fsp3) is 0.714. The zero-order valence-electron chi connectivity index (χ0n) is 6.96. The average Bonchev–Trinajstić information content (AvgIpc) is 2.01. The molecule has 4 nitrogen and oxygen atoms in total. The number of nitrogens with zero attached hydrogens (tertiary/aromatic N) is 2. The summed E-state index contributed by atoms with van der Waals surface area (Å²) in [5.74, 6) is 0.522. The SMILES string of the molecule is CC1C(=N)N(C=N)CCN1C. The summed E-state index contributed by atoms with van der Waals surface area (Å²) in [6.07, 6.45) is 1.23. The van der Waals surface area contributed by atoms with Crippen molar-refractivity contribution in [1.29, 1.82) is 10.8 Å². The van der Waals surface area contributed by atoms with Crippen molar-refractivity contribution in [1.82, 2.24) is 9.80 Å². The van der Waals surface area contributed by atoms with E-state index in [2.05, 4.69) is 4.90 Å². The van der Waals surface area contributed by atoms with Gasteiger partial charge in [-0.1, -0.05) is 0 Å². The van der Waals surface area contributed by atoms with E-state index >= 15 is 0 Å². The Hall–Kier alpha value is -0.900. The highest BCUT2D eigenvalue weighted by molar-refractivity contribution is 5.93. The van der Waals surface area contributed by atoms with Gasteiger partial charge in [-0.3, -0.25) is 15.7 Å². The van der Waals surface area contributed by atoms with Crippen LogP contribution in [0.1, 0.15) is 6.92 Å². The molecule has 0 bridgehead atoms. The van der Waals surface area contributed by atoms with Crippen molar-refractivity contribution >= 4 is 12.2 Å². The lowest BCUT2D eigenvalue weighted by atomic mass is 10.2. The molecule has 0 aliphatic carbocycles. The summed E-state index contributed by atoms with van der Waals surface area (Å²) in [6.45, 7) is 3.68. The molecule has 1 heterocycles. The second kappa shape index (κ2) is 3.00. The van der Waals surface area contributed by atoms with Crippen molar-refractivity contribution < 1.29 is 0 Å². The van der Waals surface area contributed by atoms with Crippen LogP contribution >= 0.6 is 0 Å². The van der Waals surface area contributed by atoms with Crippen molar-refractivity contribution in [2.24, 2.45) is 0 Å². The molecular formula is C7H14N4. The number of nitrogens with one attached hydrogen (secondary N) is 2. The van der Waals surface area contributed by atoms with Crippen LogP contribution < -0.4 is 0 Å². The van der Waals surface area contributed by atoms with Gasteiger partial charge in [0.15, 0.2) is 0 Å². The molecule has 2 N–H and O–H groups in total. The van der Waals surface area contributed by atoms with Gasteiger partial charge >= 0.3 is 0 Å². The van der Waals surface area contributed by atoms with Crippen molar-refractivity contribution in [2.45, 2.75) is 13.0 Å². The predicted molar refractivity (Wildman–Crippen MR) is 45.3 cm³/mol. The lowest BCUT2D eigenvalue weighted by molar-refractivity contribution is 0.253. The van der Waals surface area contributed by atoms with Crippen molar-refractivity contribution in [3.63, 3.8) is 0 Å². The van der Waals surface area contributed by atoms with Gasteiger partial charge in [0.1, 0.15) is 5.84 Å². The van der Waals surface area contributed by atoms with Crippen LogP contribution in [0.3, 0.4) is 0 Å². The van der Waals surface area contributed by atoms with Gasteiger partial charge < -0.3 is 4.90 Å². The summed E-state index contributed by atoms with van der Waals surface area (Å²) in [5, 5.41) is 14.6. The van der Waals surface area contributed by atoms with E-state index in [0.717, 1.165) is 13.1 Å². The largest absolute Gasteiger partial charge is 0.319 e. The normalized spacial score (nSPS) is 27.3. The van der Waals surface area contributed by atoms with E-state index in [4.69, 9.17) is 10.8 Å². The number of hydrogen-bond acceptors (Lipinski definition) is 3. The second-order valence-corrected chi connectivity index (χ2v) is 2.86. The minimum Gasteiger partial charge on any atom is -0.319 e. The Morgan fingerprint density at radius 1 is 1.55 bits per heavy atom. The van der Waals surface area contributed by atoms with Crippen LogP contribution in [0.5, 0.6) is 0 Å². The molecule has 1 fully saturated rings. The fourth-order valence-corrected chi connectivity index (χ4v) is 1.16. The zero-order valence-corrected chi connectivity index (χ0v) is 6.96. The number of hydrogen-bond donors (Lipinski definition) is 2. The van der Waals surface area contributed by atoms with Crippen LogP contribution in [0.2, 0.25) is 0 Å². The summed E-state index contributed by atoms with van der Waals surface area (Å²) >= 11 is 0. The molecule has 11 heavy (non-hydrogen) atoms. The van der Waals surface area contributed by atoms with Crippen LogP contribution in [-0.4, -0.2) is 48.2 Å². The molecule has 1 aliphatic rings. The molecule has 0 spiro atoms. The quantitative estimate of drug-likeness (QED) is 0.419. The van der Waals surface area contributed by atoms with Crippen LogP contribution in [0.25, 0.3) is 0 Å². The van der Waals surface area contributed by atoms with Gasteiger partial charge in [-0.15, -0.1) is 0 Å². The van der Waals surface area contributed by atoms with Gasteiger partial charge in [0, 0.05) is 13.1 Å². The third-order valence-electron chi connectivity index (χ3n) is 2.22. The minimum atomic E-state index is 0.144. The van der Waals surface area contributed by atoms with E-state index in [1.54, 1.807) is 4.90 Å². The molecule has 0 aromatic carbocycles.